The van der Waals surface area contributed by atoms with Gasteiger partial charge in [-0.05, 0) is 63.8 Å². The third-order valence-electron chi connectivity index (χ3n) is 4.05. The number of hydrogen-bond donors (Lipinski definition) is 1. The second-order valence-electron chi connectivity index (χ2n) is 5.66. The highest BCUT2D eigenvalue weighted by Gasteiger charge is 2.17. The number of hydrogen-bond acceptors (Lipinski definition) is 2. The number of nitrogens with one attached hydrogen (secondary N) is 1. The van der Waals surface area contributed by atoms with Crippen molar-refractivity contribution in [1.29, 1.82) is 0 Å². The first-order chi connectivity index (χ1) is 9.38. The molecular weight excluding hydrogens is 232 g/mol. The molecule has 0 aromatic heterocycles. The molecule has 1 aromatic carbocycles. The van der Waals surface area contributed by atoms with Gasteiger partial charge in [0.2, 0.25) is 0 Å². The summed E-state index contributed by atoms with van der Waals surface area (Å²) in [6.45, 7) is 7.27. The van der Waals surface area contributed by atoms with Gasteiger partial charge in [-0.1, -0.05) is 37.3 Å². The first-order valence-electron chi connectivity index (χ1n) is 7.88. The lowest BCUT2D eigenvalue weighted by Crippen LogP contribution is -2.43. The van der Waals surface area contributed by atoms with E-state index in [4.69, 9.17) is 0 Å². The molecular formula is C17H28N2. The molecule has 1 fully saturated rings. The minimum Gasteiger partial charge on any atom is -0.314 e. The zero-order valence-electron chi connectivity index (χ0n) is 12.3. The molecule has 0 unspecified atom stereocenters. The van der Waals surface area contributed by atoms with E-state index in [2.05, 4.69) is 47.5 Å². The van der Waals surface area contributed by atoms with E-state index in [9.17, 15) is 0 Å². The molecule has 0 atom stereocenters. The van der Waals surface area contributed by atoms with Crippen molar-refractivity contribution in [3.63, 3.8) is 0 Å². The Kier molecular flexibility index (Phi) is 6.38. The van der Waals surface area contributed by atoms with Crippen LogP contribution in [0.15, 0.2) is 30.3 Å². The van der Waals surface area contributed by atoms with Gasteiger partial charge in [-0.3, -0.25) is 0 Å². The standard InChI is InChI=1S/C17H28N2/c1-2-13-19-14-10-17(11-15-19)18-12-6-9-16-7-4-3-5-8-16/h3-5,7-8,17-18H,2,6,9-15H2,1H3. The van der Waals surface area contributed by atoms with Crippen molar-refractivity contribution in [2.75, 3.05) is 26.2 Å². The van der Waals surface area contributed by atoms with Crippen LogP contribution < -0.4 is 5.32 Å². The van der Waals surface area contributed by atoms with Crippen LogP contribution in [-0.2, 0) is 6.42 Å². The molecule has 0 bridgehead atoms. The summed E-state index contributed by atoms with van der Waals surface area (Å²) >= 11 is 0. The van der Waals surface area contributed by atoms with Gasteiger partial charge in [0.05, 0.1) is 0 Å². The number of piperidine rings is 1. The summed E-state index contributed by atoms with van der Waals surface area (Å²) in [6.07, 6.45) is 6.38. The Labute approximate surface area is 118 Å². The molecule has 2 nitrogen and oxygen atoms in total. The van der Waals surface area contributed by atoms with Crippen molar-refractivity contribution in [2.45, 2.75) is 45.1 Å². The summed E-state index contributed by atoms with van der Waals surface area (Å²) in [5, 5.41) is 3.73. The molecule has 1 heterocycles. The highest BCUT2D eigenvalue weighted by Crippen LogP contribution is 2.10. The van der Waals surface area contributed by atoms with Crippen LogP contribution >= 0.6 is 0 Å². The lowest BCUT2D eigenvalue weighted by atomic mass is 10.0. The Morgan fingerprint density at radius 3 is 2.58 bits per heavy atom. The topological polar surface area (TPSA) is 15.3 Å². The quantitative estimate of drug-likeness (QED) is 0.758. The molecule has 0 amide bonds. The van der Waals surface area contributed by atoms with Gasteiger partial charge in [-0.25, -0.2) is 0 Å². The Hall–Kier alpha value is -0.860. The second kappa shape index (κ2) is 8.34. The average molecular weight is 260 g/mol. The van der Waals surface area contributed by atoms with Crippen molar-refractivity contribution in [3.05, 3.63) is 35.9 Å². The van der Waals surface area contributed by atoms with Crippen LogP contribution in [0.25, 0.3) is 0 Å². The number of aryl methyl sites for hydroxylation is 1. The van der Waals surface area contributed by atoms with Crippen LogP contribution in [0.3, 0.4) is 0 Å². The molecule has 2 heteroatoms. The lowest BCUT2D eigenvalue weighted by molar-refractivity contribution is 0.198. The molecule has 1 aliphatic heterocycles. The first kappa shape index (κ1) is 14.5. The molecule has 106 valence electrons. The van der Waals surface area contributed by atoms with Crippen LogP contribution in [0.1, 0.15) is 38.2 Å². The normalized spacial score (nSPS) is 17.7. The molecule has 0 saturated carbocycles. The number of benzene rings is 1. The van der Waals surface area contributed by atoms with Crippen LogP contribution in [0.5, 0.6) is 0 Å². The second-order valence-corrected chi connectivity index (χ2v) is 5.66. The monoisotopic (exact) mass is 260 g/mol. The fraction of sp³-hybridized carbons (Fsp3) is 0.647. The van der Waals surface area contributed by atoms with Crippen LogP contribution in [0.4, 0.5) is 0 Å². The smallest absolute Gasteiger partial charge is 0.00914 e. The molecule has 0 spiro atoms. The third-order valence-corrected chi connectivity index (χ3v) is 4.05. The molecule has 2 rings (SSSR count). The maximum atomic E-state index is 3.73. The summed E-state index contributed by atoms with van der Waals surface area (Å²) in [4.78, 5) is 2.60. The Balaban J connectivity index is 1.55. The number of nitrogens with zero attached hydrogens (tertiary/aromatic N) is 1. The minimum absolute atomic E-state index is 0.754. The van der Waals surface area contributed by atoms with Crippen LogP contribution in [-0.4, -0.2) is 37.1 Å². The summed E-state index contributed by atoms with van der Waals surface area (Å²) in [7, 11) is 0. The summed E-state index contributed by atoms with van der Waals surface area (Å²) in [5.41, 5.74) is 1.46. The zero-order chi connectivity index (χ0) is 13.3. The third kappa shape index (κ3) is 5.33. The van der Waals surface area contributed by atoms with E-state index in [0.29, 0.717) is 0 Å². The highest BCUT2D eigenvalue weighted by molar-refractivity contribution is 5.14. The van der Waals surface area contributed by atoms with E-state index < -0.39 is 0 Å². The van der Waals surface area contributed by atoms with E-state index in [1.807, 2.05) is 0 Å². The molecule has 0 radical (unpaired) electrons. The van der Waals surface area contributed by atoms with Gasteiger partial charge in [-0.15, -0.1) is 0 Å². The summed E-state index contributed by atoms with van der Waals surface area (Å²) in [6, 6.07) is 11.6. The van der Waals surface area contributed by atoms with E-state index in [-0.39, 0.29) is 0 Å². The Bertz CT molecular complexity index is 328. The predicted octanol–water partition coefficient (Wildman–Crippen LogP) is 3.08. The fourth-order valence-electron chi connectivity index (χ4n) is 2.92. The van der Waals surface area contributed by atoms with E-state index in [1.165, 1.54) is 57.3 Å². The average Bonchev–Trinajstić information content (AvgIpc) is 2.47. The lowest BCUT2D eigenvalue weighted by Gasteiger charge is -2.32. The largest absolute Gasteiger partial charge is 0.314 e. The van der Waals surface area contributed by atoms with E-state index in [0.717, 1.165) is 12.6 Å². The van der Waals surface area contributed by atoms with Crippen molar-refractivity contribution < 1.29 is 0 Å². The Morgan fingerprint density at radius 2 is 1.89 bits per heavy atom. The maximum Gasteiger partial charge on any atom is 0.00914 e. The van der Waals surface area contributed by atoms with Gasteiger partial charge in [0.1, 0.15) is 0 Å². The Morgan fingerprint density at radius 1 is 1.16 bits per heavy atom. The molecule has 19 heavy (non-hydrogen) atoms. The SMILES string of the molecule is CCCN1CCC(NCCCc2ccccc2)CC1. The van der Waals surface area contributed by atoms with Gasteiger partial charge in [0.25, 0.3) is 0 Å². The van der Waals surface area contributed by atoms with Crippen molar-refractivity contribution in [1.82, 2.24) is 10.2 Å². The number of rotatable bonds is 7. The van der Waals surface area contributed by atoms with Gasteiger partial charge in [0, 0.05) is 6.04 Å². The molecule has 1 saturated heterocycles. The van der Waals surface area contributed by atoms with Gasteiger partial charge >= 0.3 is 0 Å². The van der Waals surface area contributed by atoms with E-state index in [1.54, 1.807) is 0 Å². The summed E-state index contributed by atoms with van der Waals surface area (Å²) in [5.74, 6) is 0. The molecule has 1 aromatic rings. The van der Waals surface area contributed by atoms with Gasteiger partial charge < -0.3 is 10.2 Å². The van der Waals surface area contributed by atoms with Crippen LogP contribution in [0, 0.1) is 0 Å². The molecule has 1 aliphatic rings. The maximum absolute atomic E-state index is 3.73. The van der Waals surface area contributed by atoms with E-state index >= 15 is 0 Å². The summed E-state index contributed by atoms with van der Waals surface area (Å²) < 4.78 is 0. The van der Waals surface area contributed by atoms with Crippen LogP contribution in [0.2, 0.25) is 0 Å². The fourth-order valence-corrected chi connectivity index (χ4v) is 2.92. The highest BCUT2D eigenvalue weighted by atomic mass is 15.1. The molecule has 0 aliphatic carbocycles. The zero-order valence-corrected chi connectivity index (χ0v) is 12.3. The first-order valence-corrected chi connectivity index (χ1v) is 7.88. The minimum atomic E-state index is 0.754. The molecule has 1 N–H and O–H groups in total. The number of likely N-dealkylation sites (tertiary alicyclic amines) is 1. The van der Waals surface area contributed by atoms with Crippen molar-refractivity contribution >= 4 is 0 Å². The predicted molar refractivity (Wildman–Crippen MR) is 82.5 cm³/mol. The van der Waals surface area contributed by atoms with Gasteiger partial charge in [-0.2, -0.15) is 0 Å². The van der Waals surface area contributed by atoms with Gasteiger partial charge in [0.15, 0.2) is 0 Å². The van der Waals surface area contributed by atoms with Crippen molar-refractivity contribution in [3.8, 4) is 0 Å². The van der Waals surface area contributed by atoms with Crippen molar-refractivity contribution in [2.24, 2.45) is 0 Å².